The predicted molar refractivity (Wildman–Crippen MR) is 77.5 cm³/mol. The SMILES string of the molecule is CCc1nc(Cl)cc(N(CC)C(C)CN(C)C)n1. The van der Waals surface area contributed by atoms with E-state index in [0.717, 1.165) is 31.2 Å². The number of hydrogen-bond acceptors (Lipinski definition) is 4. The van der Waals surface area contributed by atoms with Crippen molar-refractivity contribution in [2.75, 3.05) is 32.1 Å². The second kappa shape index (κ2) is 6.90. The summed E-state index contributed by atoms with van der Waals surface area (Å²) < 4.78 is 0. The highest BCUT2D eigenvalue weighted by molar-refractivity contribution is 6.29. The summed E-state index contributed by atoms with van der Waals surface area (Å²) in [4.78, 5) is 13.2. The number of aromatic nitrogens is 2. The Bertz CT molecular complexity index is 381. The zero-order valence-electron chi connectivity index (χ0n) is 11.9. The summed E-state index contributed by atoms with van der Waals surface area (Å²) in [6.45, 7) is 8.26. The van der Waals surface area contributed by atoms with Gasteiger partial charge in [-0.3, -0.25) is 0 Å². The van der Waals surface area contributed by atoms with Gasteiger partial charge in [-0.2, -0.15) is 0 Å². The smallest absolute Gasteiger partial charge is 0.134 e. The van der Waals surface area contributed by atoms with Crippen molar-refractivity contribution in [3.8, 4) is 0 Å². The first kappa shape index (κ1) is 15.2. The predicted octanol–water partition coefficient (Wildman–Crippen LogP) is 2.47. The average Bonchev–Trinajstić information content (AvgIpc) is 2.28. The fourth-order valence-electron chi connectivity index (χ4n) is 2.08. The third kappa shape index (κ3) is 4.10. The summed E-state index contributed by atoms with van der Waals surface area (Å²) in [5.74, 6) is 1.72. The van der Waals surface area contributed by atoms with E-state index >= 15 is 0 Å². The van der Waals surface area contributed by atoms with Crippen LogP contribution in [-0.4, -0.2) is 48.1 Å². The lowest BCUT2D eigenvalue weighted by Crippen LogP contribution is -2.40. The van der Waals surface area contributed by atoms with Crippen LogP contribution in [0.2, 0.25) is 5.15 Å². The number of aryl methyl sites for hydroxylation is 1. The van der Waals surface area contributed by atoms with Crippen molar-refractivity contribution in [3.05, 3.63) is 17.0 Å². The number of hydrogen-bond donors (Lipinski definition) is 0. The van der Waals surface area contributed by atoms with Crippen molar-refractivity contribution in [2.45, 2.75) is 33.2 Å². The third-order valence-electron chi connectivity index (χ3n) is 2.84. The van der Waals surface area contributed by atoms with E-state index in [-0.39, 0.29) is 0 Å². The number of rotatable bonds is 6. The first-order chi connectivity index (χ1) is 8.47. The molecule has 0 bridgehead atoms. The lowest BCUT2D eigenvalue weighted by Gasteiger charge is -2.31. The standard InChI is InChI=1S/C13H23ClN4/c1-6-12-15-11(14)8-13(16-12)18(7-2)10(3)9-17(4)5/h8,10H,6-7,9H2,1-5H3. The molecule has 18 heavy (non-hydrogen) atoms. The van der Waals surface area contributed by atoms with Gasteiger partial charge in [-0.05, 0) is 27.9 Å². The van der Waals surface area contributed by atoms with Gasteiger partial charge in [0.1, 0.15) is 16.8 Å². The minimum atomic E-state index is 0.390. The van der Waals surface area contributed by atoms with E-state index in [1.54, 1.807) is 0 Å². The Morgan fingerprint density at radius 3 is 2.44 bits per heavy atom. The van der Waals surface area contributed by atoms with Crippen LogP contribution >= 0.6 is 11.6 Å². The van der Waals surface area contributed by atoms with Gasteiger partial charge < -0.3 is 9.80 Å². The molecule has 0 fully saturated rings. The normalized spacial score (nSPS) is 12.8. The molecule has 0 aromatic carbocycles. The molecule has 1 aromatic heterocycles. The summed E-state index contributed by atoms with van der Waals surface area (Å²) in [6.07, 6.45) is 0.799. The van der Waals surface area contributed by atoms with E-state index in [2.05, 4.69) is 47.7 Å². The van der Waals surface area contributed by atoms with Gasteiger partial charge in [0.2, 0.25) is 0 Å². The fourth-order valence-corrected chi connectivity index (χ4v) is 2.28. The number of nitrogens with zero attached hydrogens (tertiary/aromatic N) is 4. The van der Waals surface area contributed by atoms with Crippen LogP contribution in [0.1, 0.15) is 26.6 Å². The van der Waals surface area contributed by atoms with Gasteiger partial charge in [0.15, 0.2) is 0 Å². The molecule has 0 aliphatic carbocycles. The Kier molecular flexibility index (Phi) is 5.82. The lowest BCUT2D eigenvalue weighted by atomic mass is 10.2. The first-order valence-corrected chi connectivity index (χ1v) is 6.80. The molecule has 1 rings (SSSR count). The highest BCUT2D eigenvalue weighted by Gasteiger charge is 2.16. The Morgan fingerprint density at radius 1 is 1.28 bits per heavy atom. The highest BCUT2D eigenvalue weighted by atomic mass is 35.5. The first-order valence-electron chi connectivity index (χ1n) is 6.42. The molecule has 0 saturated carbocycles. The molecule has 0 radical (unpaired) electrons. The van der Waals surface area contributed by atoms with E-state index in [4.69, 9.17) is 11.6 Å². The zero-order valence-corrected chi connectivity index (χ0v) is 12.7. The molecular weight excluding hydrogens is 248 g/mol. The van der Waals surface area contributed by atoms with Crippen molar-refractivity contribution in [1.29, 1.82) is 0 Å². The summed E-state index contributed by atoms with van der Waals surface area (Å²) in [5.41, 5.74) is 0. The summed E-state index contributed by atoms with van der Waals surface area (Å²) in [6, 6.07) is 2.23. The second-order valence-electron chi connectivity index (χ2n) is 4.72. The van der Waals surface area contributed by atoms with Gasteiger partial charge in [-0.25, -0.2) is 9.97 Å². The minimum Gasteiger partial charge on any atom is -0.353 e. The van der Waals surface area contributed by atoms with E-state index < -0.39 is 0 Å². The maximum Gasteiger partial charge on any atom is 0.134 e. The van der Waals surface area contributed by atoms with E-state index in [1.807, 2.05) is 13.0 Å². The number of anilines is 1. The van der Waals surface area contributed by atoms with Gasteiger partial charge in [-0.15, -0.1) is 0 Å². The quantitative estimate of drug-likeness (QED) is 0.744. The molecule has 0 N–H and O–H groups in total. The van der Waals surface area contributed by atoms with Gasteiger partial charge >= 0.3 is 0 Å². The topological polar surface area (TPSA) is 32.3 Å². The average molecular weight is 271 g/mol. The fraction of sp³-hybridized carbons (Fsp3) is 0.692. The van der Waals surface area contributed by atoms with E-state index in [1.165, 1.54) is 0 Å². The van der Waals surface area contributed by atoms with Crippen molar-refractivity contribution in [1.82, 2.24) is 14.9 Å². The summed E-state index contributed by atoms with van der Waals surface area (Å²) in [5, 5.41) is 0.521. The molecule has 102 valence electrons. The zero-order chi connectivity index (χ0) is 13.7. The molecule has 0 amide bonds. The third-order valence-corrected chi connectivity index (χ3v) is 3.03. The Balaban J connectivity index is 2.97. The number of likely N-dealkylation sites (N-methyl/N-ethyl adjacent to an activating group) is 2. The van der Waals surface area contributed by atoms with Crippen LogP contribution in [0.25, 0.3) is 0 Å². The van der Waals surface area contributed by atoms with Crippen molar-refractivity contribution in [3.63, 3.8) is 0 Å². The van der Waals surface area contributed by atoms with Crippen LogP contribution in [0.4, 0.5) is 5.82 Å². The minimum absolute atomic E-state index is 0.390. The molecule has 1 atom stereocenters. The Hall–Kier alpha value is -0.870. The molecular formula is C13H23ClN4. The molecule has 1 unspecified atom stereocenters. The van der Waals surface area contributed by atoms with E-state index in [0.29, 0.717) is 11.2 Å². The molecule has 1 heterocycles. The molecule has 4 nitrogen and oxygen atoms in total. The molecule has 5 heteroatoms. The molecule has 0 aliphatic heterocycles. The van der Waals surface area contributed by atoms with Crippen LogP contribution in [0, 0.1) is 0 Å². The molecule has 0 spiro atoms. The van der Waals surface area contributed by atoms with Gasteiger partial charge in [0.25, 0.3) is 0 Å². The van der Waals surface area contributed by atoms with Gasteiger partial charge in [0.05, 0.1) is 0 Å². The van der Waals surface area contributed by atoms with Crippen LogP contribution in [0.5, 0.6) is 0 Å². The van der Waals surface area contributed by atoms with Crippen LogP contribution in [0.3, 0.4) is 0 Å². The van der Waals surface area contributed by atoms with Gasteiger partial charge in [-0.1, -0.05) is 18.5 Å². The van der Waals surface area contributed by atoms with Gasteiger partial charge in [0, 0.05) is 31.6 Å². The maximum atomic E-state index is 6.05. The molecule has 0 saturated heterocycles. The monoisotopic (exact) mass is 270 g/mol. The van der Waals surface area contributed by atoms with Crippen molar-refractivity contribution >= 4 is 17.4 Å². The van der Waals surface area contributed by atoms with Crippen LogP contribution in [0.15, 0.2) is 6.07 Å². The second-order valence-corrected chi connectivity index (χ2v) is 5.10. The summed E-state index contributed by atoms with van der Waals surface area (Å²) >= 11 is 6.05. The summed E-state index contributed by atoms with van der Waals surface area (Å²) in [7, 11) is 4.16. The van der Waals surface area contributed by atoms with Crippen LogP contribution in [-0.2, 0) is 6.42 Å². The maximum absolute atomic E-state index is 6.05. The largest absolute Gasteiger partial charge is 0.353 e. The highest BCUT2D eigenvalue weighted by Crippen LogP contribution is 2.18. The lowest BCUT2D eigenvalue weighted by molar-refractivity contribution is 0.372. The van der Waals surface area contributed by atoms with Crippen molar-refractivity contribution in [2.24, 2.45) is 0 Å². The van der Waals surface area contributed by atoms with Crippen LogP contribution < -0.4 is 4.90 Å². The molecule has 0 aliphatic rings. The van der Waals surface area contributed by atoms with E-state index in [9.17, 15) is 0 Å². The van der Waals surface area contributed by atoms with Crippen molar-refractivity contribution < 1.29 is 0 Å². The Morgan fingerprint density at radius 2 is 1.94 bits per heavy atom. The molecule has 1 aromatic rings. The number of halogens is 1. The Labute approximate surface area is 115 Å².